The molecule has 0 saturated carbocycles. The van der Waals surface area contributed by atoms with Crippen molar-refractivity contribution in [3.8, 4) is 0 Å². The summed E-state index contributed by atoms with van der Waals surface area (Å²) < 4.78 is 13.4. The lowest BCUT2D eigenvalue weighted by molar-refractivity contribution is 0.0753. The zero-order chi connectivity index (χ0) is 11.6. The number of rotatable bonds is 2. The molecule has 2 nitrogen and oxygen atoms in total. The van der Waals surface area contributed by atoms with E-state index in [-0.39, 0.29) is 16.4 Å². The smallest absolute Gasteiger partial charge is 0.255 e. The Bertz CT molecular complexity index is 379. The van der Waals surface area contributed by atoms with Gasteiger partial charge in [-0.25, -0.2) is 4.39 Å². The number of benzene rings is 1. The summed E-state index contributed by atoms with van der Waals surface area (Å²) in [4.78, 5) is 13.5. The van der Waals surface area contributed by atoms with E-state index in [9.17, 15) is 9.18 Å². The van der Waals surface area contributed by atoms with E-state index < -0.39 is 5.82 Å². The lowest BCUT2D eigenvalue weighted by Crippen LogP contribution is -2.33. The number of halogens is 2. The highest BCUT2D eigenvalue weighted by molar-refractivity contribution is 9.10. The monoisotopic (exact) mass is 273 g/mol. The van der Waals surface area contributed by atoms with Crippen LogP contribution in [0.25, 0.3) is 0 Å². The molecular weight excluding hydrogens is 261 g/mol. The SMILES string of the molecule is CC(C)N(C)C(=O)c1cccc(F)c1Br. The highest BCUT2D eigenvalue weighted by Crippen LogP contribution is 2.21. The summed E-state index contributed by atoms with van der Waals surface area (Å²) in [7, 11) is 1.70. The Morgan fingerprint density at radius 2 is 2.07 bits per heavy atom. The largest absolute Gasteiger partial charge is 0.339 e. The molecule has 1 rings (SSSR count). The molecule has 1 aromatic rings. The van der Waals surface area contributed by atoms with E-state index in [0.717, 1.165) is 0 Å². The number of carbonyl (C=O) groups excluding carboxylic acids is 1. The molecule has 4 heteroatoms. The summed E-state index contributed by atoms with van der Waals surface area (Å²) in [5.41, 5.74) is 0.353. The molecule has 1 amide bonds. The average Bonchev–Trinajstić information content (AvgIpc) is 2.20. The van der Waals surface area contributed by atoms with Gasteiger partial charge in [-0.05, 0) is 41.9 Å². The highest BCUT2D eigenvalue weighted by Gasteiger charge is 2.18. The van der Waals surface area contributed by atoms with Gasteiger partial charge in [0.15, 0.2) is 0 Å². The second-order valence-corrected chi connectivity index (χ2v) is 4.40. The van der Waals surface area contributed by atoms with Crippen molar-refractivity contribution in [3.63, 3.8) is 0 Å². The van der Waals surface area contributed by atoms with E-state index in [2.05, 4.69) is 15.9 Å². The minimum atomic E-state index is -0.419. The molecule has 0 spiro atoms. The maximum absolute atomic E-state index is 13.2. The van der Waals surface area contributed by atoms with Gasteiger partial charge in [-0.2, -0.15) is 0 Å². The standard InChI is InChI=1S/C11H13BrFNO/c1-7(2)14(3)11(15)8-5-4-6-9(13)10(8)12/h4-7H,1-3H3. The molecule has 0 aliphatic rings. The van der Waals surface area contributed by atoms with Gasteiger partial charge in [0, 0.05) is 13.1 Å². The third-order valence-electron chi connectivity index (χ3n) is 2.28. The first-order chi connectivity index (χ1) is 6.95. The lowest BCUT2D eigenvalue weighted by atomic mass is 10.2. The number of nitrogens with zero attached hydrogens (tertiary/aromatic N) is 1. The molecule has 1 aromatic carbocycles. The maximum atomic E-state index is 13.2. The van der Waals surface area contributed by atoms with Crippen LogP contribution in [0, 0.1) is 5.82 Å². The van der Waals surface area contributed by atoms with Crippen LogP contribution in [-0.4, -0.2) is 23.9 Å². The summed E-state index contributed by atoms with van der Waals surface area (Å²) in [5, 5.41) is 0. The first-order valence-electron chi connectivity index (χ1n) is 4.66. The Labute approximate surface area is 97.2 Å². The molecule has 0 aromatic heterocycles. The molecule has 0 unspecified atom stereocenters. The normalized spacial score (nSPS) is 10.5. The molecule has 0 saturated heterocycles. The van der Waals surface area contributed by atoms with Crippen LogP contribution in [-0.2, 0) is 0 Å². The first kappa shape index (κ1) is 12.2. The minimum absolute atomic E-state index is 0.0904. The summed E-state index contributed by atoms with van der Waals surface area (Å²) >= 11 is 3.08. The topological polar surface area (TPSA) is 20.3 Å². The highest BCUT2D eigenvalue weighted by atomic mass is 79.9. The van der Waals surface area contributed by atoms with Gasteiger partial charge in [0.1, 0.15) is 5.82 Å². The van der Waals surface area contributed by atoms with Gasteiger partial charge in [0.25, 0.3) is 5.91 Å². The summed E-state index contributed by atoms with van der Waals surface area (Å²) in [6.45, 7) is 3.82. The molecule has 82 valence electrons. The summed E-state index contributed by atoms with van der Waals surface area (Å²) in [6.07, 6.45) is 0. The van der Waals surface area contributed by atoms with Crippen LogP contribution in [0.15, 0.2) is 22.7 Å². The predicted molar refractivity (Wildman–Crippen MR) is 61.3 cm³/mol. The second-order valence-electron chi connectivity index (χ2n) is 3.61. The molecule has 0 atom stereocenters. The number of hydrogen-bond acceptors (Lipinski definition) is 1. The van der Waals surface area contributed by atoms with Crippen LogP contribution >= 0.6 is 15.9 Å². The first-order valence-corrected chi connectivity index (χ1v) is 5.45. The molecule has 0 aliphatic heterocycles. The molecule has 0 heterocycles. The van der Waals surface area contributed by atoms with Gasteiger partial charge in [0.05, 0.1) is 10.0 Å². The summed E-state index contributed by atoms with van der Waals surface area (Å²) in [6, 6.07) is 4.54. The third-order valence-corrected chi connectivity index (χ3v) is 3.08. The van der Waals surface area contributed by atoms with Crippen molar-refractivity contribution in [1.29, 1.82) is 0 Å². The lowest BCUT2D eigenvalue weighted by Gasteiger charge is -2.22. The van der Waals surface area contributed by atoms with Crippen molar-refractivity contribution in [2.75, 3.05) is 7.05 Å². The molecule has 0 bridgehead atoms. The van der Waals surface area contributed by atoms with Gasteiger partial charge in [-0.15, -0.1) is 0 Å². The fourth-order valence-corrected chi connectivity index (χ4v) is 1.53. The molecular formula is C11H13BrFNO. The maximum Gasteiger partial charge on any atom is 0.255 e. The zero-order valence-corrected chi connectivity index (χ0v) is 10.5. The van der Waals surface area contributed by atoms with Crippen LogP contribution in [0.1, 0.15) is 24.2 Å². The van der Waals surface area contributed by atoms with Gasteiger partial charge >= 0.3 is 0 Å². The Morgan fingerprint density at radius 1 is 1.47 bits per heavy atom. The van der Waals surface area contributed by atoms with E-state index in [0.29, 0.717) is 5.56 Å². The van der Waals surface area contributed by atoms with E-state index in [1.165, 1.54) is 12.1 Å². The van der Waals surface area contributed by atoms with E-state index in [1.807, 2.05) is 13.8 Å². The van der Waals surface area contributed by atoms with Gasteiger partial charge in [-0.1, -0.05) is 6.07 Å². The van der Waals surface area contributed by atoms with Crippen LogP contribution < -0.4 is 0 Å². The number of amides is 1. The van der Waals surface area contributed by atoms with Crippen molar-refractivity contribution in [1.82, 2.24) is 4.90 Å². The molecule has 15 heavy (non-hydrogen) atoms. The summed E-state index contributed by atoms with van der Waals surface area (Å²) in [5.74, 6) is -0.602. The van der Waals surface area contributed by atoms with Gasteiger partial charge < -0.3 is 4.90 Å². The average molecular weight is 274 g/mol. The quantitative estimate of drug-likeness (QED) is 0.811. The van der Waals surface area contributed by atoms with Crippen molar-refractivity contribution < 1.29 is 9.18 Å². The fourth-order valence-electron chi connectivity index (χ4n) is 1.09. The zero-order valence-electron chi connectivity index (χ0n) is 8.92. The van der Waals surface area contributed by atoms with Gasteiger partial charge in [0.2, 0.25) is 0 Å². The fraction of sp³-hybridized carbons (Fsp3) is 0.364. The van der Waals surface area contributed by atoms with Crippen molar-refractivity contribution in [2.45, 2.75) is 19.9 Å². The Morgan fingerprint density at radius 3 is 2.60 bits per heavy atom. The molecule has 0 N–H and O–H groups in total. The Hall–Kier alpha value is -0.900. The second kappa shape index (κ2) is 4.75. The molecule has 0 fully saturated rings. The third kappa shape index (κ3) is 2.56. The van der Waals surface area contributed by atoms with Crippen LogP contribution in [0.5, 0.6) is 0 Å². The molecule has 0 radical (unpaired) electrons. The Kier molecular flexibility index (Phi) is 3.85. The van der Waals surface area contributed by atoms with Crippen molar-refractivity contribution >= 4 is 21.8 Å². The Balaban J connectivity index is 3.07. The van der Waals surface area contributed by atoms with E-state index in [1.54, 1.807) is 18.0 Å². The number of hydrogen-bond donors (Lipinski definition) is 0. The van der Waals surface area contributed by atoms with Crippen LogP contribution in [0.2, 0.25) is 0 Å². The van der Waals surface area contributed by atoms with Gasteiger partial charge in [-0.3, -0.25) is 4.79 Å². The van der Waals surface area contributed by atoms with Crippen LogP contribution in [0.4, 0.5) is 4.39 Å². The van der Waals surface area contributed by atoms with Crippen molar-refractivity contribution in [2.24, 2.45) is 0 Å². The van der Waals surface area contributed by atoms with E-state index >= 15 is 0 Å². The minimum Gasteiger partial charge on any atom is -0.339 e. The van der Waals surface area contributed by atoms with Crippen molar-refractivity contribution in [3.05, 3.63) is 34.1 Å². The van der Waals surface area contributed by atoms with E-state index in [4.69, 9.17) is 0 Å². The number of carbonyl (C=O) groups is 1. The molecule has 0 aliphatic carbocycles. The van der Waals surface area contributed by atoms with Crippen LogP contribution in [0.3, 0.4) is 0 Å². The predicted octanol–water partition coefficient (Wildman–Crippen LogP) is 3.07.